The molecule has 0 spiro atoms. The minimum absolute atomic E-state index is 0.147. The maximum Gasteiger partial charge on any atom is 0.242 e. The first-order chi connectivity index (χ1) is 18.0. The SMILES string of the molecule is CNC(=O)[C@@H](Cc1ccccc1)N(Cc1ccc(F)cc1)C(=O)CC(c1ccccc1)c1ccccc1. The van der Waals surface area contributed by atoms with Crippen LogP contribution in [-0.2, 0) is 22.6 Å². The lowest BCUT2D eigenvalue weighted by atomic mass is 9.87. The first-order valence-electron chi connectivity index (χ1n) is 12.4. The summed E-state index contributed by atoms with van der Waals surface area (Å²) >= 11 is 0. The second kappa shape index (κ2) is 12.6. The summed E-state index contributed by atoms with van der Waals surface area (Å²) in [6.45, 7) is 0.195. The van der Waals surface area contributed by atoms with E-state index in [1.54, 1.807) is 24.1 Å². The quantitative estimate of drug-likeness (QED) is 0.306. The van der Waals surface area contributed by atoms with E-state index in [1.807, 2.05) is 91.0 Å². The molecule has 4 aromatic carbocycles. The minimum Gasteiger partial charge on any atom is -0.357 e. The molecule has 0 aliphatic rings. The summed E-state index contributed by atoms with van der Waals surface area (Å²) < 4.78 is 13.6. The van der Waals surface area contributed by atoms with Crippen molar-refractivity contribution in [3.05, 3.63) is 143 Å². The summed E-state index contributed by atoms with van der Waals surface area (Å²) in [7, 11) is 1.58. The highest BCUT2D eigenvalue weighted by Gasteiger charge is 2.31. The standard InChI is InChI=1S/C32H31FN2O2/c1-34-32(37)30(21-24-11-5-2-6-12-24)35(23-25-17-19-28(33)20-18-25)31(36)22-29(26-13-7-3-8-14-26)27-15-9-4-10-16-27/h2-20,29-30H,21-23H2,1H3,(H,34,37)/t30-/m1/s1. The number of nitrogens with zero attached hydrogens (tertiary/aromatic N) is 1. The molecular formula is C32H31FN2O2. The van der Waals surface area contributed by atoms with E-state index in [2.05, 4.69) is 5.32 Å². The Bertz CT molecular complexity index is 1240. The maximum atomic E-state index is 14.1. The topological polar surface area (TPSA) is 49.4 Å². The van der Waals surface area contributed by atoms with Gasteiger partial charge in [0, 0.05) is 32.4 Å². The third-order valence-electron chi connectivity index (χ3n) is 6.57. The third-order valence-corrected chi connectivity index (χ3v) is 6.57. The molecule has 0 aliphatic carbocycles. The Balaban J connectivity index is 1.71. The average Bonchev–Trinajstić information content (AvgIpc) is 2.95. The summed E-state index contributed by atoms with van der Waals surface area (Å²) in [6, 6.07) is 34.9. The molecule has 1 atom stereocenters. The second-order valence-electron chi connectivity index (χ2n) is 9.05. The van der Waals surface area contributed by atoms with Crippen molar-refractivity contribution in [3.8, 4) is 0 Å². The van der Waals surface area contributed by atoms with Crippen molar-refractivity contribution in [1.29, 1.82) is 0 Å². The van der Waals surface area contributed by atoms with Crippen LogP contribution in [-0.4, -0.2) is 29.8 Å². The Morgan fingerprint density at radius 1 is 0.730 bits per heavy atom. The van der Waals surface area contributed by atoms with Crippen LogP contribution in [0.25, 0.3) is 0 Å². The summed E-state index contributed by atoms with van der Waals surface area (Å²) in [5.74, 6) is -0.906. The number of likely N-dealkylation sites (N-methyl/N-ethyl adjacent to an activating group) is 1. The number of amides is 2. The van der Waals surface area contributed by atoms with E-state index in [1.165, 1.54) is 12.1 Å². The van der Waals surface area contributed by atoms with Crippen molar-refractivity contribution in [2.45, 2.75) is 31.3 Å². The zero-order valence-corrected chi connectivity index (χ0v) is 20.9. The van der Waals surface area contributed by atoms with Gasteiger partial charge in [0.15, 0.2) is 0 Å². The van der Waals surface area contributed by atoms with Crippen LogP contribution in [0.3, 0.4) is 0 Å². The van der Waals surface area contributed by atoms with E-state index in [-0.39, 0.29) is 36.5 Å². The lowest BCUT2D eigenvalue weighted by Gasteiger charge is -2.32. The number of carbonyl (C=O) groups excluding carboxylic acids is 2. The van der Waals surface area contributed by atoms with Crippen molar-refractivity contribution in [2.75, 3.05) is 7.05 Å². The van der Waals surface area contributed by atoms with Gasteiger partial charge in [-0.25, -0.2) is 4.39 Å². The van der Waals surface area contributed by atoms with E-state index in [9.17, 15) is 14.0 Å². The molecule has 0 aliphatic heterocycles. The molecule has 0 unspecified atom stereocenters. The molecule has 37 heavy (non-hydrogen) atoms. The fraction of sp³-hybridized carbons (Fsp3) is 0.188. The molecule has 1 N–H and O–H groups in total. The first kappa shape index (κ1) is 25.8. The Hall–Kier alpha value is -4.25. The highest BCUT2D eigenvalue weighted by atomic mass is 19.1. The van der Waals surface area contributed by atoms with Crippen LogP contribution in [0.2, 0.25) is 0 Å². The monoisotopic (exact) mass is 494 g/mol. The van der Waals surface area contributed by atoms with Gasteiger partial charge in [-0.1, -0.05) is 103 Å². The number of hydrogen-bond acceptors (Lipinski definition) is 2. The molecule has 0 aromatic heterocycles. The normalized spacial score (nSPS) is 11.6. The van der Waals surface area contributed by atoms with Gasteiger partial charge in [0.05, 0.1) is 0 Å². The number of rotatable bonds is 10. The Kier molecular flexibility index (Phi) is 8.82. The molecule has 0 heterocycles. The van der Waals surface area contributed by atoms with Gasteiger partial charge < -0.3 is 10.2 Å². The van der Waals surface area contributed by atoms with Crippen molar-refractivity contribution in [1.82, 2.24) is 10.2 Å². The Morgan fingerprint density at radius 3 is 1.76 bits per heavy atom. The van der Waals surface area contributed by atoms with Gasteiger partial charge in [-0.2, -0.15) is 0 Å². The van der Waals surface area contributed by atoms with Crippen molar-refractivity contribution >= 4 is 11.8 Å². The largest absolute Gasteiger partial charge is 0.357 e. The molecule has 5 heteroatoms. The van der Waals surface area contributed by atoms with Gasteiger partial charge in [-0.15, -0.1) is 0 Å². The number of hydrogen-bond donors (Lipinski definition) is 1. The summed E-state index contributed by atoms with van der Waals surface area (Å²) in [5, 5.41) is 2.74. The number of benzene rings is 4. The summed E-state index contributed by atoms with van der Waals surface area (Å²) in [4.78, 5) is 28.9. The van der Waals surface area contributed by atoms with Gasteiger partial charge in [0.1, 0.15) is 11.9 Å². The van der Waals surface area contributed by atoms with E-state index < -0.39 is 6.04 Å². The zero-order chi connectivity index (χ0) is 26.0. The predicted octanol–water partition coefficient (Wildman–Crippen LogP) is 5.73. The molecule has 4 aromatic rings. The maximum absolute atomic E-state index is 14.1. The average molecular weight is 495 g/mol. The van der Waals surface area contributed by atoms with Crippen LogP contribution in [0, 0.1) is 5.82 Å². The van der Waals surface area contributed by atoms with Gasteiger partial charge >= 0.3 is 0 Å². The summed E-state index contributed by atoms with van der Waals surface area (Å²) in [6.07, 6.45) is 0.562. The molecular weight excluding hydrogens is 463 g/mol. The van der Waals surface area contributed by atoms with Crippen LogP contribution in [0.15, 0.2) is 115 Å². The first-order valence-corrected chi connectivity index (χ1v) is 12.4. The van der Waals surface area contributed by atoms with Gasteiger partial charge in [0.2, 0.25) is 11.8 Å². The minimum atomic E-state index is -0.725. The van der Waals surface area contributed by atoms with E-state index in [0.717, 1.165) is 22.3 Å². The highest BCUT2D eigenvalue weighted by molar-refractivity contribution is 5.88. The molecule has 4 rings (SSSR count). The lowest BCUT2D eigenvalue weighted by molar-refractivity contribution is -0.141. The fourth-order valence-corrected chi connectivity index (χ4v) is 4.60. The molecule has 0 fully saturated rings. The number of nitrogens with one attached hydrogen (secondary N) is 1. The summed E-state index contributed by atoms with van der Waals surface area (Å²) in [5.41, 5.74) is 3.77. The van der Waals surface area contributed by atoms with E-state index in [4.69, 9.17) is 0 Å². The number of carbonyl (C=O) groups is 2. The molecule has 4 nitrogen and oxygen atoms in total. The van der Waals surface area contributed by atoms with Crippen LogP contribution in [0.1, 0.15) is 34.6 Å². The molecule has 0 radical (unpaired) electrons. The third kappa shape index (κ3) is 6.91. The zero-order valence-electron chi connectivity index (χ0n) is 20.9. The molecule has 188 valence electrons. The van der Waals surface area contributed by atoms with Gasteiger partial charge in [0.25, 0.3) is 0 Å². The van der Waals surface area contributed by atoms with Gasteiger partial charge in [-0.05, 0) is 34.4 Å². The van der Waals surface area contributed by atoms with Crippen molar-refractivity contribution in [3.63, 3.8) is 0 Å². The Labute approximate surface area is 217 Å². The van der Waals surface area contributed by atoms with Gasteiger partial charge in [-0.3, -0.25) is 9.59 Å². The second-order valence-corrected chi connectivity index (χ2v) is 9.05. The Morgan fingerprint density at radius 2 is 1.24 bits per heavy atom. The van der Waals surface area contributed by atoms with Crippen LogP contribution >= 0.6 is 0 Å². The molecule has 2 amide bonds. The van der Waals surface area contributed by atoms with Crippen LogP contribution < -0.4 is 5.32 Å². The highest BCUT2D eigenvalue weighted by Crippen LogP contribution is 2.30. The van der Waals surface area contributed by atoms with Crippen LogP contribution in [0.4, 0.5) is 4.39 Å². The predicted molar refractivity (Wildman–Crippen MR) is 144 cm³/mol. The smallest absolute Gasteiger partial charge is 0.242 e. The number of halogens is 1. The molecule has 0 bridgehead atoms. The fourth-order valence-electron chi connectivity index (χ4n) is 4.60. The van der Waals surface area contributed by atoms with E-state index in [0.29, 0.717) is 6.42 Å². The van der Waals surface area contributed by atoms with Crippen molar-refractivity contribution < 1.29 is 14.0 Å². The lowest BCUT2D eigenvalue weighted by Crippen LogP contribution is -2.50. The molecule has 0 saturated heterocycles. The van der Waals surface area contributed by atoms with Crippen LogP contribution in [0.5, 0.6) is 0 Å². The molecule has 0 saturated carbocycles. The van der Waals surface area contributed by atoms with E-state index >= 15 is 0 Å². The van der Waals surface area contributed by atoms with Crippen molar-refractivity contribution in [2.24, 2.45) is 0 Å².